The summed E-state index contributed by atoms with van der Waals surface area (Å²) in [6, 6.07) is 8.43. The molecule has 2 heteroatoms. The van der Waals surface area contributed by atoms with Crippen LogP contribution in [-0.4, -0.2) is 23.9 Å². The van der Waals surface area contributed by atoms with Crippen LogP contribution in [0, 0.1) is 0 Å². The van der Waals surface area contributed by atoms with Crippen LogP contribution in [0.4, 0.5) is 0 Å². The highest BCUT2D eigenvalue weighted by molar-refractivity contribution is 5.91. The molecule has 0 atom stereocenters. The molecule has 0 unspecified atom stereocenters. The van der Waals surface area contributed by atoms with Crippen LogP contribution in [-0.2, 0) is 10.2 Å². The van der Waals surface area contributed by atoms with Crippen molar-refractivity contribution in [1.82, 2.24) is 4.90 Å². The summed E-state index contributed by atoms with van der Waals surface area (Å²) in [5.74, 6) is 0.110. The Morgan fingerprint density at radius 3 is 2.00 bits per heavy atom. The fourth-order valence-electron chi connectivity index (χ4n) is 2.24. The Kier molecular flexibility index (Phi) is 6.67. The monoisotopic (exact) mass is 287 g/mol. The first-order valence-corrected chi connectivity index (χ1v) is 7.96. The van der Waals surface area contributed by atoms with E-state index in [-0.39, 0.29) is 11.3 Å². The number of nitrogens with zero attached hydrogens (tertiary/aromatic N) is 1. The first-order chi connectivity index (χ1) is 9.88. The molecule has 0 saturated heterocycles. The molecule has 1 aromatic carbocycles. The Morgan fingerprint density at radius 2 is 1.57 bits per heavy atom. The highest BCUT2D eigenvalue weighted by Gasteiger charge is 2.12. The van der Waals surface area contributed by atoms with Crippen molar-refractivity contribution in [3.8, 4) is 0 Å². The summed E-state index contributed by atoms with van der Waals surface area (Å²) in [6.45, 7) is 12.5. The minimum atomic E-state index is 0.110. The number of benzene rings is 1. The Bertz CT molecular complexity index is 459. The van der Waals surface area contributed by atoms with Gasteiger partial charge < -0.3 is 4.90 Å². The van der Waals surface area contributed by atoms with E-state index in [0.717, 1.165) is 31.5 Å². The Labute approximate surface area is 129 Å². The van der Waals surface area contributed by atoms with E-state index >= 15 is 0 Å². The summed E-state index contributed by atoms with van der Waals surface area (Å²) >= 11 is 0. The van der Waals surface area contributed by atoms with E-state index in [9.17, 15) is 4.79 Å². The van der Waals surface area contributed by atoms with Crippen molar-refractivity contribution >= 4 is 12.0 Å². The van der Waals surface area contributed by atoms with Crippen molar-refractivity contribution in [2.24, 2.45) is 0 Å². The van der Waals surface area contributed by atoms with Gasteiger partial charge in [0.1, 0.15) is 0 Å². The molecule has 0 aliphatic heterocycles. The minimum Gasteiger partial charge on any atom is -0.339 e. The number of hydrogen-bond acceptors (Lipinski definition) is 1. The van der Waals surface area contributed by atoms with E-state index < -0.39 is 0 Å². The molecule has 21 heavy (non-hydrogen) atoms. The van der Waals surface area contributed by atoms with Crippen LogP contribution in [0.3, 0.4) is 0 Å². The lowest BCUT2D eigenvalue weighted by Gasteiger charge is -2.19. The van der Waals surface area contributed by atoms with Gasteiger partial charge in [0.05, 0.1) is 0 Å². The third-order valence-corrected chi connectivity index (χ3v) is 3.49. The summed E-state index contributed by atoms with van der Waals surface area (Å²) in [5, 5.41) is 0. The van der Waals surface area contributed by atoms with Crippen LogP contribution in [0.1, 0.15) is 58.6 Å². The lowest BCUT2D eigenvalue weighted by Crippen LogP contribution is -2.30. The van der Waals surface area contributed by atoms with Gasteiger partial charge in [0.15, 0.2) is 0 Å². The van der Waals surface area contributed by atoms with E-state index in [1.165, 1.54) is 5.56 Å². The van der Waals surface area contributed by atoms with Gasteiger partial charge in [0, 0.05) is 19.2 Å². The fraction of sp³-hybridized carbons (Fsp3) is 0.526. The van der Waals surface area contributed by atoms with Crippen molar-refractivity contribution in [1.29, 1.82) is 0 Å². The van der Waals surface area contributed by atoms with Gasteiger partial charge >= 0.3 is 0 Å². The Morgan fingerprint density at radius 1 is 1.05 bits per heavy atom. The molecule has 0 N–H and O–H groups in total. The largest absolute Gasteiger partial charge is 0.339 e. The zero-order valence-corrected chi connectivity index (χ0v) is 14.1. The summed E-state index contributed by atoms with van der Waals surface area (Å²) in [6.07, 6.45) is 5.60. The number of hydrogen-bond donors (Lipinski definition) is 0. The fourth-order valence-corrected chi connectivity index (χ4v) is 2.24. The molecule has 0 bridgehead atoms. The van der Waals surface area contributed by atoms with Crippen molar-refractivity contribution in [2.45, 2.75) is 52.9 Å². The standard InChI is InChI=1S/C19H29NO/c1-6-14-20(15-7-2)18(21)13-10-16-8-11-17(12-9-16)19(3,4)5/h8-13H,6-7,14-15H2,1-5H3/b13-10+. The van der Waals surface area contributed by atoms with Gasteiger partial charge in [-0.25, -0.2) is 0 Å². The summed E-state index contributed by atoms with van der Waals surface area (Å²) < 4.78 is 0. The highest BCUT2D eigenvalue weighted by atomic mass is 16.2. The molecule has 0 fully saturated rings. The van der Waals surface area contributed by atoms with Gasteiger partial charge in [-0.05, 0) is 35.5 Å². The molecular formula is C19H29NO. The summed E-state index contributed by atoms with van der Waals surface area (Å²) in [7, 11) is 0. The van der Waals surface area contributed by atoms with Crippen molar-refractivity contribution in [2.75, 3.05) is 13.1 Å². The van der Waals surface area contributed by atoms with E-state index in [1.807, 2.05) is 11.0 Å². The Balaban J connectivity index is 2.73. The molecule has 116 valence electrons. The summed E-state index contributed by atoms with van der Waals surface area (Å²) in [4.78, 5) is 14.1. The molecule has 1 rings (SSSR count). The van der Waals surface area contributed by atoms with Crippen LogP contribution < -0.4 is 0 Å². The van der Waals surface area contributed by atoms with Crippen LogP contribution >= 0.6 is 0 Å². The van der Waals surface area contributed by atoms with Gasteiger partial charge in [-0.1, -0.05) is 58.9 Å². The molecule has 0 aliphatic carbocycles. The maximum Gasteiger partial charge on any atom is 0.246 e. The van der Waals surface area contributed by atoms with Gasteiger partial charge in [0.25, 0.3) is 0 Å². The molecular weight excluding hydrogens is 258 g/mol. The second kappa shape index (κ2) is 8.02. The molecule has 0 spiro atoms. The van der Waals surface area contributed by atoms with Crippen molar-refractivity contribution < 1.29 is 4.79 Å². The van der Waals surface area contributed by atoms with Crippen LogP contribution in [0.25, 0.3) is 6.08 Å². The number of carbonyl (C=O) groups is 1. The smallest absolute Gasteiger partial charge is 0.246 e. The van der Waals surface area contributed by atoms with Crippen LogP contribution in [0.15, 0.2) is 30.3 Å². The van der Waals surface area contributed by atoms with E-state index in [1.54, 1.807) is 6.08 Å². The molecule has 0 aliphatic rings. The normalized spacial score (nSPS) is 11.9. The molecule has 2 nitrogen and oxygen atoms in total. The highest BCUT2D eigenvalue weighted by Crippen LogP contribution is 2.22. The molecule has 1 aromatic rings. The predicted molar refractivity (Wildman–Crippen MR) is 91.3 cm³/mol. The first kappa shape index (κ1) is 17.5. The number of amides is 1. The predicted octanol–water partition coefficient (Wildman–Crippen LogP) is 4.65. The quantitative estimate of drug-likeness (QED) is 0.698. The molecule has 0 radical (unpaired) electrons. The van der Waals surface area contributed by atoms with Gasteiger partial charge in [-0.2, -0.15) is 0 Å². The van der Waals surface area contributed by atoms with E-state index in [0.29, 0.717) is 0 Å². The molecule has 0 aromatic heterocycles. The SMILES string of the molecule is CCCN(CCC)C(=O)/C=C/c1ccc(C(C)(C)C)cc1. The first-order valence-electron chi connectivity index (χ1n) is 7.96. The van der Waals surface area contributed by atoms with Gasteiger partial charge in [-0.3, -0.25) is 4.79 Å². The number of carbonyl (C=O) groups excluding carboxylic acids is 1. The van der Waals surface area contributed by atoms with Crippen LogP contribution in [0.2, 0.25) is 0 Å². The second-order valence-corrected chi connectivity index (χ2v) is 6.53. The lowest BCUT2D eigenvalue weighted by atomic mass is 9.87. The second-order valence-electron chi connectivity index (χ2n) is 6.53. The van der Waals surface area contributed by atoms with E-state index in [2.05, 4.69) is 58.9 Å². The average molecular weight is 287 g/mol. The van der Waals surface area contributed by atoms with Crippen molar-refractivity contribution in [3.05, 3.63) is 41.5 Å². The van der Waals surface area contributed by atoms with Crippen LogP contribution in [0.5, 0.6) is 0 Å². The molecule has 0 saturated carbocycles. The minimum absolute atomic E-state index is 0.110. The zero-order chi connectivity index (χ0) is 15.9. The topological polar surface area (TPSA) is 20.3 Å². The third kappa shape index (κ3) is 5.74. The molecule has 0 heterocycles. The Hall–Kier alpha value is -1.57. The maximum atomic E-state index is 12.2. The van der Waals surface area contributed by atoms with Gasteiger partial charge in [-0.15, -0.1) is 0 Å². The zero-order valence-electron chi connectivity index (χ0n) is 14.1. The summed E-state index contributed by atoms with van der Waals surface area (Å²) in [5.41, 5.74) is 2.55. The molecule has 1 amide bonds. The lowest BCUT2D eigenvalue weighted by molar-refractivity contribution is -0.126. The number of rotatable bonds is 6. The van der Waals surface area contributed by atoms with Gasteiger partial charge in [0.2, 0.25) is 5.91 Å². The maximum absolute atomic E-state index is 12.2. The van der Waals surface area contributed by atoms with Crippen molar-refractivity contribution in [3.63, 3.8) is 0 Å². The average Bonchev–Trinajstić information content (AvgIpc) is 2.44. The third-order valence-electron chi connectivity index (χ3n) is 3.49. The van der Waals surface area contributed by atoms with E-state index in [4.69, 9.17) is 0 Å².